The Bertz CT molecular complexity index is 595. The fourth-order valence-corrected chi connectivity index (χ4v) is 2.88. The average Bonchev–Trinajstić information content (AvgIpc) is 3.14. The van der Waals surface area contributed by atoms with Gasteiger partial charge in [-0.1, -0.05) is 19.1 Å². The minimum atomic E-state index is -0.221. The number of aromatic amines is 1. The molecule has 1 saturated heterocycles. The van der Waals surface area contributed by atoms with E-state index in [4.69, 9.17) is 0 Å². The number of nitrogens with one attached hydrogen (secondary N) is 2. The van der Waals surface area contributed by atoms with Crippen LogP contribution < -0.4 is 5.32 Å². The first-order valence-electron chi connectivity index (χ1n) is 7.50. The van der Waals surface area contributed by atoms with E-state index in [0.29, 0.717) is 18.2 Å². The molecule has 1 unspecified atom stereocenters. The zero-order valence-corrected chi connectivity index (χ0v) is 12.3. The van der Waals surface area contributed by atoms with Crippen LogP contribution in [0.1, 0.15) is 18.9 Å². The highest BCUT2D eigenvalue weighted by Gasteiger charge is 2.21. The molecule has 3 rings (SSSR count). The smallest absolute Gasteiger partial charge is 0.132 e. The molecule has 1 aromatic carbocycles. The predicted molar refractivity (Wildman–Crippen MR) is 81.3 cm³/mol. The number of hydrogen-bond acceptors (Lipinski definition) is 3. The normalized spacial score (nSPS) is 19.2. The summed E-state index contributed by atoms with van der Waals surface area (Å²) in [4.78, 5) is 2.44. The summed E-state index contributed by atoms with van der Waals surface area (Å²) in [7, 11) is 0. The summed E-state index contributed by atoms with van der Waals surface area (Å²) < 4.78 is 13.9. The van der Waals surface area contributed by atoms with Crippen LogP contribution in [0.5, 0.6) is 0 Å². The topological polar surface area (TPSA) is 44.0 Å². The minimum absolute atomic E-state index is 0.221. The first-order valence-corrected chi connectivity index (χ1v) is 7.50. The van der Waals surface area contributed by atoms with E-state index >= 15 is 0 Å². The molecule has 1 aliphatic rings. The Morgan fingerprint density at radius 1 is 1.43 bits per heavy atom. The molecule has 2 heterocycles. The minimum Gasteiger partial charge on any atom is -0.308 e. The predicted octanol–water partition coefficient (Wildman–Crippen LogP) is 2.40. The number of aromatic nitrogens is 2. The Balaban J connectivity index is 1.68. The Morgan fingerprint density at radius 3 is 3.05 bits per heavy atom. The summed E-state index contributed by atoms with van der Waals surface area (Å²) in [5.74, 6) is -0.221. The summed E-state index contributed by atoms with van der Waals surface area (Å²) in [5, 5.41) is 10.5. The summed E-state index contributed by atoms with van der Waals surface area (Å²) in [6, 6.07) is 7.30. The van der Waals surface area contributed by atoms with Gasteiger partial charge in [0.15, 0.2) is 0 Å². The second-order valence-corrected chi connectivity index (χ2v) is 5.51. The van der Waals surface area contributed by atoms with E-state index in [1.165, 1.54) is 12.5 Å². The van der Waals surface area contributed by atoms with Crippen molar-refractivity contribution >= 4 is 0 Å². The Hall–Kier alpha value is -1.72. The summed E-state index contributed by atoms with van der Waals surface area (Å²) in [5.41, 5.74) is 2.36. The van der Waals surface area contributed by atoms with Gasteiger partial charge in [-0.2, -0.15) is 5.10 Å². The molecule has 1 aromatic heterocycles. The van der Waals surface area contributed by atoms with E-state index in [1.807, 2.05) is 6.07 Å². The van der Waals surface area contributed by atoms with Crippen molar-refractivity contribution in [2.45, 2.75) is 25.9 Å². The maximum absolute atomic E-state index is 13.9. The molecule has 1 atom stereocenters. The summed E-state index contributed by atoms with van der Waals surface area (Å²) in [6.45, 7) is 6.24. The van der Waals surface area contributed by atoms with E-state index < -0.39 is 0 Å². The molecule has 1 fully saturated rings. The van der Waals surface area contributed by atoms with Crippen LogP contribution in [0.2, 0.25) is 0 Å². The first-order chi connectivity index (χ1) is 10.3. The zero-order valence-electron chi connectivity index (χ0n) is 12.3. The third-order valence-corrected chi connectivity index (χ3v) is 4.16. The van der Waals surface area contributed by atoms with E-state index in [9.17, 15) is 4.39 Å². The van der Waals surface area contributed by atoms with Crippen LogP contribution in [-0.4, -0.2) is 40.8 Å². The number of nitrogens with zero attached hydrogens (tertiary/aromatic N) is 2. The maximum Gasteiger partial charge on any atom is 0.132 e. The van der Waals surface area contributed by atoms with Crippen LogP contribution >= 0.6 is 0 Å². The van der Waals surface area contributed by atoms with Crippen molar-refractivity contribution in [2.75, 3.05) is 19.6 Å². The van der Waals surface area contributed by atoms with Crippen LogP contribution in [0.25, 0.3) is 11.3 Å². The van der Waals surface area contributed by atoms with Gasteiger partial charge >= 0.3 is 0 Å². The van der Waals surface area contributed by atoms with Crippen LogP contribution in [0.3, 0.4) is 0 Å². The molecule has 21 heavy (non-hydrogen) atoms. The molecule has 2 N–H and O–H groups in total. The van der Waals surface area contributed by atoms with Gasteiger partial charge < -0.3 is 10.2 Å². The number of benzene rings is 1. The van der Waals surface area contributed by atoms with Crippen molar-refractivity contribution in [3.8, 4) is 11.3 Å². The molecule has 4 nitrogen and oxygen atoms in total. The Morgan fingerprint density at radius 2 is 2.29 bits per heavy atom. The molecule has 112 valence electrons. The van der Waals surface area contributed by atoms with Gasteiger partial charge in [0.2, 0.25) is 0 Å². The molecular formula is C16H21FN4. The van der Waals surface area contributed by atoms with Gasteiger partial charge in [0.05, 0.1) is 11.9 Å². The van der Waals surface area contributed by atoms with E-state index in [2.05, 4.69) is 27.3 Å². The van der Waals surface area contributed by atoms with Crippen molar-refractivity contribution in [1.82, 2.24) is 20.4 Å². The lowest BCUT2D eigenvalue weighted by atomic mass is 10.1. The van der Waals surface area contributed by atoms with Crippen molar-refractivity contribution < 1.29 is 4.39 Å². The lowest BCUT2D eigenvalue weighted by Gasteiger charge is -2.14. The van der Waals surface area contributed by atoms with E-state index in [-0.39, 0.29) is 5.82 Å². The second kappa shape index (κ2) is 6.37. The van der Waals surface area contributed by atoms with Crippen molar-refractivity contribution in [1.29, 1.82) is 0 Å². The van der Waals surface area contributed by atoms with Gasteiger partial charge in [-0.15, -0.1) is 0 Å². The fraction of sp³-hybridized carbons (Fsp3) is 0.438. The molecule has 0 bridgehead atoms. The van der Waals surface area contributed by atoms with Crippen molar-refractivity contribution in [3.63, 3.8) is 0 Å². The molecule has 0 aliphatic carbocycles. The maximum atomic E-state index is 13.9. The first kappa shape index (κ1) is 14.2. The SMILES string of the molecule is CCN1CCC(NCc2cn[nH]c2-c2ccccc2F)C1. The van der Waals surface area contributed by atoms with Gasteiger partial charge in [-0.05, 0) is 31.6 Å². The molecule has 1 aliphatic heterocycles. The zero-order chi connectivity index (χ0) is 14.7. The van der Waals surface area contributed by atoms with Crippen LogP contribution in [0.4, 0.5) is 4.39 Å². The Kier molecular flexibility index (Phi) is 4.31. The number of halogens is 1. The summed E-state index contributed by atoms with van der Waals surface area (Å²) in [6.07, 6.45) is 2.95. The standard InChI is InChI=1S/C16H21FN4/c1-2-21-8-7-13(11-21)18-9-12-10-19-20-16(12)14-5-3-4-6-15(14)17/h3-6,10,13,18H,2,7-9,11H2,1H3,(H,19,20). The molecule has 2 aromatic rings. The van der Waals surface area contributed by atoms with Gasteiger partial charge in [0.25, 0.3) is 0 Å². The third-order valence-electron chi connectivity index (χ3n) is 4.16. The lowest BCUT2D eigenvalue weighted by Crippen LogP contribution is -2.32. The number of hydrogen-bond donors (Lipinski definition) is 2. The number of likely N-dealkylation sites (N-methyl/N-ethyl adjacent to an activating group) is 1. The quantitative estimate of drug-likeness (QED) is 0.888. The van der Waals surface area contributed by atoms with Gasteiger partial charge in [-0.3, -0.25) is 5.10 Å². The second-order valence-electron chi connectivity index (χ2n) is 5.51. The van der Waals surface area contributed by atoms with Gasteiger partial charge in [0.1, 0.15) is 5.82 Å². The highest BCUT2D eigenvalue weighted by atomic mass is 19.1. The number of likely N-dealkylation sites (tertiary alicyclic amines) is 1. The lowest BCUT2D eigenvalue weighted by molar-refractivity contribution is 0.345. The largest absolute Gasteiger partial charge is 0.308 e. The number of H-pyrrole nitrogens is 1. The highest BCUT2D eigenvalue weighted by molar-refractivity contribution is 5.63. The molecular weight excluding hydrogens is 267 g/mol. The Labute approximate surface area is 124 Å². The van der Waals surface area contributed by atoms with Crippen molar-refractivity contribution in [3.05, 3.63) is 41.8 Å². The third kappa shape index (κ3) is 3.14. The summed E-state index contributed by atoms with van der Waals surface area (Å²) >= 11 is 0. The molecule has 0 spiro atoms. The number of rotatable bonds is 5. The molecule has 0 radical (unpaired) electrons. The molecule has 0 amide bonds. The molecule has 5 heteroatoms. The molecule has 0 saturated carbocycles. The van der Waals surface area contributed by atoms with E-state index in [1.54, 1.807) is 18.3 Å². The van der Waals surface area contributed by atoms with Gasteiger partial charge in [0, 0.05) is 30.3 Å². The van der Waals surface area contributed by atoms with E-state index in [0.717, 1.165) is 30.9 Å². The van der Waals surface area contributed by atoms with Crippen LogP contribution in [0, 0.1) is 5.82 Å². The van der Waals surface area contributed by atoms with Gasteiger partial charge in [-0.25, -0.2) is 4.39 Å². The monoisotopic (exact) mass is 288 g/mol. The van der Waals surface area contributed by atoms with Crippen LogP contribution in [-0.2, 0) is 6.54 Å². The fourth-order valence-electron chi connectivity index (χ4n) is 2.88. The van der Waals surface area contributed by atoms with Crippen LogP contribution in [0.15, 0.2) is 30.5 Å². The van der Waals surface area contributed by atoms with Crippen molar-refractivity contribution in [2.24, 2.45) is 0 Å². The highest BCUT2D eigenvalue weighted by Crippen LogP contribution is 2.24. The average molecular weight is 288 g/mol.